The smallest absolute Gasteiger partial charge is 0.118 e. The maximum atomic E-state index is 5.22. The summed E-state index contributed by atoms with van der Waals surface area (Å²) in [5, 5.41) is 4.52. The number of nitrogens with one attached hydrogen (secondary N) is 2. The zero-order chi connectivity index (χ0) is 20.1. The quantitative estimate of drug-likeness (QED) is 0.384. The first kappa shape index (κ1) is 19.2. The molecule has 2 heterocycles. The van der Waals surface area contributed by atoms with Gasteiger partial charge in [0.25, 0.3) is 0 Å². The van der Waals surface area contributed by atoms with E-state index in [1.165, 1.54) is 5.56 Å². The first-order valence-electron chi connectivity index (χ1n) is 9.35. The number of pyridine rings is 2. The third-order valence-corrected chi connectivity index (χ3v) is 5.63. The number of rotatable bonds is 7. The molecule has 0 aliphatic heterocycles. The van der Waals surface area contributed by atoms with Gasteiger partial charge in [0.15, 0.2) is 0 Å². The van der Waals surface area contributed by atoms with Gasteiger partial charge < -0.3 is 10.1 Å². The summed E-state index contributed by atoms with van der Waals surface area (Å²) in [6, 6.07) is 20.7. The number of nitrogens with zero attached hydrogens (tertiary/aromatic N) is 2. The van der Waals surface area contributed by atoms with Crippen molar-refractivity contribution < 1.29 is 4.74 Å². The largest absolute Gasteiger partial charge is 0.497 e. The third kappa shape index (κ3) is 4.67. The highest BCUT2D eigenvalue weighted by Crippen LogP contribution is 2.27. The van der Waals surface area contributed by atoms with E-state index in [1.807, 2.05) is 24.3 Å². The van der Waals surface area contributed by atoms with Gasteiger partial charge in [-0.05, 0) is 73.0 Å². The molecule has 146 valence electrons. The van der Waals surface area contributed by atoms with Crippen molar-refractivity contribution >= 4 is 34.2 Å². The number of hydrogen-bond acceptors (Lipinski definition) is 6. The summed E-state index contributed by atoms with van der Waals surface area (Å²) in [5.41, 5.74) is 4.14. The highest BCUT2D eigenvalue weighted by molar-refractivity contribution is 7.97. The SMILES string of the molecule is COc1ccc(C(C)NSc2ccc(Nc3ccnc4cnccc34)cc2)cc1. The summed E-state index contributed by atoms with van der Waals surface area (Å²) in [6.07, 6.45) is 5.35. The van der Waals surface area contributed by atoms with Gasteiger partial charge >= 0.3 is 0 Å². The van der Waals surface area contributed by atoms with E-state index < -0.39 is 0 Å². The third-order valence-electron chi connectivity index (χ3n) is 4.65. The Morgan fingerprint density at radius 2 is 1.72 bits per heavy atom. The van der Waals surface area contributed by atoms with Gasteiger partial charge in [-0.25, -0.2) is 0 Å². The van der Waals surface area contributed by atoms with E-state index in [2.05, 4.69) is 63.3 Å². The van der Waals surface area contributed by atoms with Crippen LogP contribution in [0.3, 0.4) is 0 Å². The fraction of sp³-hybridized carbons (Fsp3) is 0.130. The Bertz CT molecular complexity index is 1080. The van der Waals surface area contributed by atoms with Crippen molar-refractivity contribution in [2.24, 2.45) is 0 Å². The van der Waals surface area contributed by atoms with E-state index in [-0.39, 0.29) is 6.04 Å². The fourth-order valence-electron chi connectivity index (χ4n) is 2.99. The molecule has 5 nitrogen and oxygen atoms in total. The van der Waals surface area contributed by atoms with E-state index in [9.17, 15) is 0 Å². The summed E-state index contributed by atoms with van der Waals surface area (Å²) in [7, 11) is 1.68. The molecule has 0 aliphatic carbocycles. The van der Waals surface area contributed by atoms with Crippen LogP contribution in [-0.4, -0.2) is 17.1 Å². The van der Waals surface area contributed by atoms with Crippen LogP contribution in [0.25, 0.3) is 10.9 Å². The first-order valence-corrected chi connectivity index (χ1v) is 10.2. The Labute approximate surface area is 174 Å². The normalized spacial score (nSPS) is 11.9. The van der Waals surface area contributed by atoms with Crippen molar-refractivity contribution in [3.63, 3.8) is 0 Å². The summed E-state index contributed by atoms with van der Waals surface area (Å²) in [5.74, 6) is 0.870. The minimum atomic E-state index is 0.223. The fourth-order valence-corrected chi connectivity index (χ4v) is 3.71. The van der Waals surface area contributed by atoms with Gasteiger partial charge in [0, 0.05) is 40.1 Å². The molecule has 0 bridgehead atoms. The zero-order valence-corrected chi connectivity index (χ0v) is 17.1. The van der Waals surface area contributed by atoms with Crippen molar-refractivity contribution in [3.8, 4) is 5.75 Å². The number of anilines is 2. The average Bonchev–Trinajstić information content (AvgIpc) is 2.79. The van der Waals surface area contributed by atoms with Gasteiger partial charge in [-0.1, -0.05) is 12.1 Å². The second-order valence-electron chi connectivity index (χ2n) is 6.62. The molecule has 4 rings (SSSR count). The molecular weight excluding hydrogens is 380 g/mol. The predicted octanol–water partition coefficient (Wildman–Crippen LogP) is 5.74. The number of hydrogen-bond donors (Lipinski definition) is 2. The molecule has 2 aromatic carbocycles. The second-order valence-corrected chi connectivity index (χ2v) is 7.53. The minimum Gasteiger partial charge on any atom is -0.497 e. The molecule has 0 radical (unpaired) electrons. The van der Waals surface area contributed by atoms with Crippen LogP contribution in [0.15, 0.2) is 84.1 Å². The highest BCUT2D eigenvalue weighted by atomic mass is 32.2. The van der Waals surface area contributed by atoms with Gasteiger partial charge in [0.1, 0.15) is 5.75 Å². The molecule has 0 aliphatic rings. The monoisotopic (exact) mass is 402 g/mol. The molecule has 4 aromatic rings. The summed E-state index contributed by atoms with van der Waals surface area (Å²) >= 11 is 1.62. The van der Waals surface area contributed by atoms with Crippen LogP contribution in [0.1, 0.15) is 18.5 Å². The molecule has 0 saturated heterocycles. The Morgan fingerprint density at radius 3 is 2.48 bits per heavy atom. The molecule has 0 spiro atoms. The van der Waals surface area contributed by atoms with Crippen LogP contribution in [0.2, 0.25) is 0 Å². The molecular formula is C23H22N4OS. The Balaban J connectivity index is 1.38. The lowest BCUT2D eigenvalue weighted by Crippen LogP contribution is -2.10. The molecule has 1 atom stereocenters. The molecule has 0 amide bonds. The molecule has 1 unspecified atom stereocenters. The van der Waals surface area contributed by atoms with E-state index in [0.717, 1.165) is 32.9 Å². The van der Waals surface area contributed by atoms with Gasteiger partial charge in [-0.2, -0.15) is 0 Å². The van der Waals surface area contributed by atoms with Gasteiger partial charge in [0.2, 0.25) is 0 Å². The minimum absolute atomic E-state index is 0.223. The molecule has 0 fully saturated rings. The summed E-state index contributed by atoms with van der Waals surface area (Å²) in [4.78, 5) is 9.64. The average molecular weight is 403 g/mol. The summed E-state index contributed by atoms with van der Waals surface area (Å²) in [6.45, 7) is 2.15. The first-order chi connectivity index (χ1) is 14.2. The lowest BCUT2D eigenvalue weighted by atomic mass is 10.1. The lowest BCUT2D eigenvalue weighted by Gasteiger charge is -2.14. The summed E-state index contributed by atoms with van der Waals surface area (Å²) < 4.78 is 8.70. The molecule has 6 heteroatoms. The Hall–Kier alpha value is -3.09. The number of fused-ring (bicyclic) bond motifs is 1. The van der Waals surface area contributed by atoms with Crippen LogP contribution in [0.4, 0.5) is 11.4 Å². The number of aromatic nitrogens is 2. The maximum Gasteiger partial charge on any atom is 0.118 e. The van der Waals surface area contributed by atoms with E-state index in [4.69, 9.17) is 4.74 Å². The molecule has 2 N–H and O–H groups in total. The molecule has 0 saturated carbocycles. The number of benzene rings is 2. The van der Waals surface area contributed by atoms with Gasteiger partial charge in [-0.3, -0.25) is 14.7 Å². The number of ether oxygens (including phenoxy) is 1. The molecule has 2 aromatic heterocycles. The highest BCUT2D eigenvalue weighted by Gasteiger charge is 2.07. The van der Waals surface area contributed by atoms with Crippen molar-refractivity contribution in [2.75, 3.05) is 12.4 Å². The predicted molar refractivity (Wildman–Crippen MR) is 120 cm³/mol. The van der Waals surface area contributed by atoms with Crippen LogP contribution in [-0.2, 0) is 0 Å². The van der Waals surface area contributed by atoms with Crippen molar-refractivity contribution in [1.82, 2.24) is 14.7 Å². The number of methoxy groups -OCH3 is 1. The zero-order valence-electron chi connectivity index (χ0n) is 16.3. The van der Waals surface area contributed by atoms with Crippen LogP contribution >= 0.6 is 11.9 Å². The topological polar surface area (TPSA) is 59.1 Å². The van der Waals surface area contributed by atoms with E-state index in [0.29, 0.717) is 0 Å². The Morgan fingerprint density at radius 1 is 0.931 bits per heavy atom. The molecule has 29 heavy (non-hydrogen) atoms. The van der Waals surface area contributed by atoms with E-state index >= 15 is 0 Å². The van der Waals surface area contributed by atoms with Gasteiger partial charge in [-0.15, -0.1) is 0 Å². The second kappa shape index (κ2) is 8.94. The van der Waals surface area contributed by atoms with Crippen LogP contribution in [0, 0.1) is 0 Å². The van der Waals surface area contributed by atoms with Crippen LogP contribution < -0.4 is 14.8 Å². The maximum absolute atomic E-state index is 5.22. The standard InChI is InChI=1S/C23H22N4OS/c1-16(17-3-7-19(28-2)8-4-17)27-29-20-9-5-18(6-10-20)26-22-12-14-25-23-15-24-13-11-21(22)23/h3-16,27H,1-2H3,(H,25,26). The van der Waals surface area contributed by atoms with Crippen molar-refractivity contribution in [2.45, 2.75) is 17.9 Å². The van der Waals surface area contributed by atoms with Crippen molar-refractivity contribution in [1.29, 1.82) is 0 Å². The van der Waals surface area contributed by atoms with Crippen LogP contribution in [0.5, 0.6) is 5.75 Å². The Kier molecular flexibility index (Phi) is 5.93. The van der Waals surface area contributed by atoms with E-state index in [1.54, 1.807) is 37.6 Å². The lowest BCUT2D eigenvalue weighted by molar-refractivity contribution is 0.414. The van der Waals surface area contributed by atoms with Crippen molar-refractivity contribution in [3.05, 3.63) is 84.8 Å². The van der Waals surface area contributed by atoms with Gasteiger partial charge in [0.05, 0.1) is 18.8 Å².